The SMILES string of the molecule is Cc1noc(COCC(=O)N2CCCCC2CN)n1. The minimum Gasteiger partial charge on any atom is -0.362 e. The van der Waals surface area contributed by atoms with Crippen LogP contribution >= 0.6 is 0 Å². The molecule has 1 atom stereocenters. The number of piperidine rings is 1. The molecule has 2 heterocycles. The standard InChI is InChI=1S/C12H20N4O3/c1-9-14-11(19-15-9)7-18-8-12(17)16-5-3-2-4-10(16)6-13/h10H,2-8,13H2,1H3. The van der Waals surface area contributed by atoms with Crippen LogP contribution < -0.4 is 5.73 Å². The van der Waals surface area contributed by atoms with E-state index in [1.54, 1.807) is 6.92 Å². The first kappa shape index (κ1) is 14.0. The maximum Gasteiger partial charge on any atom is 0.252 e. The van der Waals surface area contributed by atoms with E-state index in [0.717, 1.165) is 25.8 Å². The Morgan fingerprint density at radius 2 is 2.42 bits per heavy atom. The molecule has 0 aliphatic carbocycles. The predicted molar refractivity (Wildman–Crippen MR) is 67.1 cm³/mol. The van der Waals surface area contributed by atoms with Gasteiger partial charge in [-0.25, -0.2) is 0 Å². The van der Waals surface area contributed by atoms with Crippen LogP contribution in [0.15, 0.2) is 4.52 Å². The highest BCUT2D eigenvalue weighted by Gasteiger charge is 2.25. The number of amides is 1. The molecule has 7 nitrogen and oxygen atoms in total. The van der Waals surface area contributed by atoms with E-state index in [1.807, 2.05) is 4.90 Å². The summed E-state index contributed by atoms with van der Waals surface area (Å²) < 4.78 is 10.2. The number of nitrogens with two attached hydrogens (primary N) is 1. The molecule has 0 radical (unpaired) electrons. The smallest absolute Gasteiger partial charge is 0.252 e. The van der Waals surface area contributed by atoms with Crippen molar-refractivity contribution in [1.29, 1.82) is 0 Å². The van der Waals surface area contributed by atoms with Gasteiger partial charge in [0.1, 0.15) is 13.2 Å². The van der Waals surface area contributed by atoms with E-state index >= 15 is 0 Å². The quantitative estimate of drug-likeness (QED) is 0.821. The number of ether oxygens (including phenoxy) is 1. The molecule has 2 N–H and O–H groups in total. The Balaban J connectivity index is 1.77. The highest BCUT2D eigenvalue weighted by Crippen LogP contribution is 2.16. The van der Waals surface area contributed by atoms with Gasteiger partial charge in [-0.2, -0.15) is 4.98 Å². The van der Waals surface area contributed by atoms with E-state index in [9.17, 15) is 4.79 Å². The minimum absolute atomic E-state index is 0.0219. The van der Waals surface area contributed by atoms with Crippen LogP contribution in [-0.4, -0.2) is 46.7 Å². The largest absolute Gasteiger partial charge is 0.362 e. The third kappa shape index (κ3) is 3.74. The van der Waals surface area contributed by atoms with Gasteiger partial charge in [0, 0.05) is 19.1 Å². The van der Waals surface area contributed by atoms with Crippen molar-refractivity contribution in [2.75, 3.05) is 19.7 Å². The number of hydrogen-bond acceptors (Lipinski definition) is 6. The molecule has 19 heavy (non-hydrogen) atoms. The summed E-state index contributed by atoms with van der Waals surface area (Å²) in [4.78, 5) is 17.9. The van der Waals surface area contributed by atoms with Gasteiger partial charge in [0.25, 0.3) is 5.89 Å². The first-order chi connectivity index (χ1) is 9.20. The Bertz CT molecular complexity index is 421. The molecule has 1 aliphatic rings. The fourth-order valence-corrected chi connectivity index (χ4v) is 2.28. The topological polar surface area (TPSA) is 94.5 Å². The minimum atomic E-state index is -0.0219. The second-order valence-electron chi connectivity index (χ2n) is 4.70. The fraction of sp³-hybridized carbons (Fsp3) is 0.750. The maximum atomic E-state index is 12.0. The van der Waals surface area contributed by atoms with Gasteiger partial charge in [-0.1, -0.05) is 5.16 Å². The molecule has 1 aromatic rings. The predicted octanol–water partition coefficient (Wildman–Crippen LogP) is 0.234. The lowest BCUT2D eigenvalue weighted by atomic mass is 10.0. The van der Waals surface area contributed by atoms with Crippen molar-refractivity contribution in [3.8, 4) is 0 Å². The lowest BCUT2D eigenvalue weighted by Crippen LogP contribution is -2.48. The number of carbonyl (C=O) groups is 1. The molecule has 0 saturated carbocycles. The van der Waals surface area contributed by atoms with Gasteiger partial charge < -0.3 is 19.9 Å². The van der Waals surface area contributed by atoms with E-state index in [-0.39, 0.29) is 25.2 Å². The summed E-state index contributed by atoms with van der Waals surface area (Å²) in [6.45, 7) is 3.20. The van der Waals surface area contributed by atoms with Crippen LogP contribution in [-0.2, 0) is 16.1 Å². The first-order valence-corrected chi connectivity index (χ1v) is 6.57. The van der Waals surface area contributed by atoms with E-state index in [2.05, 4.69) is 10.1 Å². The molecule has 0 aromatic carbocycles. The molecular formula is C12H20N4O3. The molecule has 1 amide bonds. The number of aromatic nitrogens is 2. The molecule has 1 fully saturated rings. The molecule has 0 spiro atoms. The number of hydrogen-bond donors (Lipinski definition) is 1. The van der Waals surface area contributed by atoms with Gasteiger partial charge >= 0.3 is 0 Å². The van der Waals surface area contributed by atoms with Crippen LogP contribution in [0, 0.1) is 6.92 Å². The van der Waals surface area contributed by atoms with Crippen LogP contribution in [0.1, 0.15) is 31.0 Å². The zero-order valence-electron chi connectivity index (χ0n) is 11.2. The molecular weight excluding hydrogens is 248 g/mol. The number of rotatable bonds is 5. The number of likely N-dealkylation sites (tertiary alicyclic amines) is 1. The van der Waals surface area contributed by atoms with Crippen molar-refractivity contribution in [2.45, 2.75) is 38.8 Å². The normalized spacial score (nSPS) is 19.7. The second-order valence-corrected chi connectivity index (χ2v) is 4.70. The molecule has 1 aliphatic heterocycles. The average molecular weight is 268 g/mol. The highest BCUT2D eigenvalue weighted by atomic mass is 16.5. The Hall–Kier alpha value is -1.47. The van der Waals surface area contributed by atoms with E-state index < -0.39 is 0 Å². The van der Waals surface area contributed by atoms with Crippen LogP contribution in [0.4, 0.5) is 0 Å². The third-order valence-electron chi connectivity index (χ3n) is 3.24. The zero-order chi connectivity index (χ0) is 13.7. The first-order valence-electron chi connectivity index (χ1n) is 6.57. The van der Waals surface area contributed by atoms with Crippen molar-refractivity contribution >= 4 is 5.91 Å². The van der Waals surface area contributed by atoms with E-state index in [0.29, 0.717) is 18.3 Å². The van der Waals surface area contributed by atoms with Crippen molar-refractivity contribution in [3.63, 3.8) is 0 Å². The monoisotopic (exact) mass is 268 g/mol. The molecule has 1 aromatic heterocycles. The van der Waals surface area contributed by atoms with Gasteiger partial charge in [0.2, 0.25) is 5.91 Å². The van der Waals surface area contributed by atoms with Gasteiger partial charge in [-0.3, -0.25) is 4.79 Å². The molecule has 1 saturated heterocycles. The maximum absolute atomic E-state index is 12.0. The molecule has 2 rings (SSSR count). The summed E-state index contributed by atoms with van der Waals surface area (Å²) in [5.74, 6) is 0.926. The summed E-state index contributed by atoms with van der Waals surface area (Å²) in [5.41, 5.74) is 5.69. The lowest BCUT2D eigenvalue weighted by molar-refractivity contribution is -0.140. The molecule has 1 unspecified atom stereocenters. The van der Waals surface area contributed by atoms with Gasteiger partial charge in [0.15, 0.2) is 5.82 Å². The van der Waals surface area contributed by atoms with E-state index in [1.165, 1.54) is 0 Å². The van der Waals surface area contributed by atoms with Crippen LogP contribution in [0.3, 0.4) is 0 Å². The van der Waals surface area contributed by atoms with Gasteiger partial charge in [-0.05, 0) is 26.2 Å². The van der Waals surface area contributed by atoms with Crippen LogP contribution in [0.2, 0.25) is 0 Å². The summed E-state index contributed by atoms with van der Waals surface area (Å²) in [6.07, 6.45) is 3.14. The zero-order valence-corrected chi connectivity index (χ0v) is 11.2. The summed E-state index contributed by atoms with van der Waals surface area (Å²) in [6, 6.07) is 0.149. The molecule has 0 bridgehead atoms. The van der Waals surface area contributed by atoms with Crippen LogP contribution in [0.5, 0.6) is 0 Å². The highest BCUT2D eigenvalue weighted by molar-refractivity contribution is 5.77. The van der Waals surface area contributed by atoms with Crippen LogP contribution in [0.25, 0.3) is 0 Å². The van der Waals surface area contributed by atoms with E-state index in [4.69, 9.17) is 15.0 Å². The molecule has 7 heteroatoms. The Kier molecular flexibility index (Phi) is 4.86. The summed E-state index contributed by atoms with van der Waals surface area (Å²) >= 11 is 0. The fourth-order valence-electron chi connectivity index (χ4n) is 2.28. The van der Waals surface area contributed by atoms with Gasteiger partial charge in [0.05, 0.1) is 0 Å². The van der Waals surface area contributed by atoms with Crippen molar-refractivity contribution in [1.82, 2.24) is 15.0 Å². The number of nitrogens with zero attached hydrogens (tertiary/aromatic N) is 3. The number of carbonyl (C=O) groups excluding carboxylic acids is 1. The Morgan fingerprint density at radius 3 is 3.11 bits per heavy atom. The van der Waals surface area contributed by atoms with Gasteiger partial charge in [-0.15, -0.1) is 0 Å². The Labute approximate surface area is 112 Å². The molecule has 106 valence electrons. The summed E-state index contributed by atoms with van der Waals surface area (Å²) in [5, 5.41) is 3.65. The lowest BCUT2D eigenvalue weighted by Gasteiger charge is -2.34. The van der Waals surface area contributed by atoms with Crippen molar-refractivity contribution in [2.24, 2.45) is 5.73 Å². The third-order valence-corrected chi connectivity index (χ3v) is 3.24. The van der Waals surface area contributed by atoms with Crippen molar-refractivity contribution < 1.29 is 14.1 Å². The van der Waals surface area contributed by atoms with Crippen molar-refractivity contribution in [3.05, 3.63) is 11.7 Å². The Morgan fingerprint density at radius 1 is 1.58 bits per heavy atom. The number of aryl methyl sites for hydroxylation is 1. The summed E-state index contributed by atoms with van der Waals surface area (Å²) in [7, 11) is 0. The average Bonchev–Trinajstić information content (AvgIpc) is 2.84. The second kappa shape index (κ2) is 6.63.